The maximum atomic E-state index is 12.1. The molecule has 142 valence electrons. The van der Waals surface area contributed by atoms with Gasteiger partial charge in [0.25, 0.3) is 5.69 Å². The lowest BCUT2D eigenvalue weighted by Gasteiger charge is -2.16. The third kappa shape index (κ3) is 5.58. The smallest absolute Gasteiger partial charge is 0.445 e. The molecule has 1 aliphatic heterocycles. The van der Waals surface area contributed by atoms with Crippen molar-refractivity contribution in [2.75, 3.05) is 13.1 Å². The number of nitrogens with one attached hydrogen (secondary N) is 1. The highest BCUT2D eigenvalue weighted by Gasteiger charge is 2.43. The molecule has 1 saturated heterocycles. The average molecular weight is 377 g/mol. The van der Waals surface area contributed by atoms with E-state index in [4.69, 9.17) is 4.74 Å². The minimum Gasteiger partial charge on any atom is -0.445 e. The van der Waals surface area contributed by atoms with Gasteiger partial charge in [0.1, 0.15) is 6.61 Å². The zero-order chi connectivity index (χ0) is 19.3. The number of alkyl halides is 3. The zero-order valence-corrected chi connectivity index (χ0v) is 13.2. The molecule has 0 unspecified atom stereocenters. The number of nitro benzene ring substituents is 1. The molecule has 9 nitrogen and oxygen atoms in total. The molecule has 1 fully saturated rings. The van der Waals surface area contributed by atoms with Crippen molar-refractivity contribution in [1.29, 1.82) is 0 Å². The number of amides is 1. The number of non-ortho nitro benzene ring substituents is 1. The lowest BCUT2D eigenvalue weighted by Crippen LogP contribution is -2.39. The predicted octanol–water partition coefficient (Wildman–Crippen LogP) is 1.92. The number of halogens is 3. The van der Waals surface area contributed by atoms with Crippen LogP contribution in [0.25, 0.3) is 0 Å². The number of rotatable bonds is 5. The van der Waals surface area contributed by atoms with E-state index in [-0.39, 0.29) is 31.8 Å². The van der Waals surface area contributed by atoms with E-state index >= 15 is 0 Å². The number of nitrogens with zero attached hydrogens (tertiary/aromatic N) is 2. The van der Waals surface area contributed by atoms with Gasteiger partial charge in [-0.2, -0.15) is 13.2 Å². The van der Waals surface area contributed by atoms with Crippen LogP contribution in [-0.2, 0) is 21.0 Å². The van der Waals surface area contributed by atoms with Gasteiger partial charge in [0.05, 0.1) is 11.5 Å². The molecule has 1 atom stereocenters. The maximum Gasteiger partial charge on any atom is 0.492 e. The van der Waals surface area contributed by atoms with Crippen molar-refractivity contribution >= 4 is 17.7 Å². The van der Waals surface area contributed by atoms with E-state index in [0.717, 1.165) is 5.06 Å². The van der Waals surface area contributed by atoms with Gasteiger partial charge in [-0.3, -0.25) is 10.1 Å². The summed E-state index contributed by atoms with van der Waals surface area (Å²) in [7, 11) is 0. The standard InChI is InChI=1S/C14H14F3N3O6/c15-14(16,17)12(21)26-19-6-5-10(7-19)18-13(22)25-8-9-1-3-11(4-2-9)20(23)24/h1-4,10H,5-8H2,(H,18,22)/t10-/m0/s1. The van der Waals surface area contributed by atoms with E-state index in [0.29, 0.717) is 5.56 Å². The van der Waals surface area contributed by atoms with Crippen molar-refractivity contribution in [2.24, 2.45) is 0 Å². The Balaban J connectivity index is 1.73. The van der Waals surface area contributed by atoms with Crippen molar-refractivity contribution in [2.45, 2.75) is 25.2 Å². The minimum absolute atomic E-state index is 0.0368. The Morgan fingerprint density at radius 2 is 1.96 bits per heavy atom. The molecule has 12 heteroatoms. The Bertz CT molecular complexity index is 679. The predicted molar refractivity (Wildman–Crippen MR) is 78.5 cm³/mol. The number of hydrogen-bond acceptors (Lipinski definition) is 7. The van der Waals surface area contributed by atoms with Crippen LogP contribution in [0.3, 0.4) is 0 Å². The topological polar surface area (TPSA) is 111 Å². The highest BCUT2D eigenvalue weighted by atomic mass is 19.4. The van der Waals surface area contributed by atoms with Crippen LogP contribution in [-0.4, -0.2) is 47.4 Å². The number of benzene rings is 1. The molecule has 2 rings (SSSR count). The number of hydrogen-bond donors (Lipinski definition) is 1. The number of carbonyl (C=O) groups excluding carboxylic acids is 2. The Kier molecular flexibility index (Phi) is 5.97. The second-order valence-corrected chi connectivity index (χ2v) is 5.39. The number of carbonyl (C=O) groups is 2. The fraction of sp³-hybridized carbons (Fsp3) is 0.429. The third-order valence-electron chi connectivity index (χ3n) is 3.43. The van der Waals surface area contributed by atoms with Gasteiger partial charge in [0.15, 0.2) is 0 Å². The lowest BCUT2D eigenvalue weighted by atomic mass is 10.2. The van der Waals surface area contributed by atoms with Crippen LogP contribution in [0.15, 0.2) is 24.3 Å². The summed E-state index contributed by atoms with van der Waals surface area (Å²) in [5.41, 5.74) is 0.426. The first-order chi connectivity index (χ1) is 12.1. The molecule has 1 aromatic rings. The first-order valence-corrected chi connectivity index (χ1v) is 7.36. The molecule has 0 aromatic heterocycles. The highest BCUT2D eigenvalue weighted by Crippen LogP contribution is 2.19. The van der Waals surface area contributed by atoms with Crippen molar-refractivity contribution in [1.82, 2.24) is 10.4 Å². The molecule has 0 radical (unpaired) electrons. The summed E-state index contributed by atoms with van der Waals surface area (Å²) in [5.74, 6) is -2.32. The van der Waals surface area contributed by atoms with Gasteiger partial charge in [-0.05, 0) is 24.1 Å². The zero-order valence-electron chi connectivity index (χ0n) is 13.2. The summed E-state index contributed by atoms with van der Waals surface area (Å²) in [6.07, 6.45) is -5.62. The molecule has 0 aliphatic carbocycles. The van der Waals surface area contributed by atoms with Gasteiger partial charge < -0.3 is 14.9 Å². The molecule has 0 saturated carbocycles. The van der Waals surface area contributed by atoms with E-state index in [1.807, 2.05) is 0 Å². The molecule has 1 N–H and O–H groups in total. The molecular formula is C14H14F3N3O6. The van der Waals surface area contributed by atoms with E-state index in [1.165, 1.54) is 24.3 Å². The van der Waals surface area contributed by atoms with Crippen LogP contribution >= 0.6 is 0 Å². The molecule has 1 amide bonds. The van der Waals surface area contributed by atoms with Crippen LogP contribution in [0.1, 0.15) is 12.0 Å². The van der Waals surface area contributed by atoms with Gasteiger partial charge in [-0.1, -0.05) is 0 Å². The van der Waals surface area contributed by atoms with Crippen molar-refractivity contribution in [3.8, 4) is 0 Å². The van der Waals surface area contributed by atoms with Gasteiger partial charge in [-0.25, -0.2) is 9.59 Å². The number of alkyl carbamates (subject to hydrolysis) is 1. The molecule has 1 aromatic carbocycles. The summed E-state index contributed by atoms with van der Waals surface area (Å²) in [5, 5.41) is 13.8. The summed E-state index contributed by atoms with van der Waals surface area (Å²) in [6.45, 7) is -0.201. The Morgan fingerprint density at radius 3 is 2.54 bits per heavy atom. The molecule has 1 heterocycles. The molecule has 26 heavy (non-hydrogen) atoms. The second kappa shape index (κ2) is 7.99. The average Bonchev–Trinajstić information content (AvgIpc) is 2.99. The molecule has 0 bridgehead atoms. The summed E-state index contributed by atoms with van der Waals surface area (Å²) in [4.78, 5) is 36.6. The second-order valence-electron chi connectivity index (χ2n) is 5.39. The highest BCUT2D eigenvalue weighted by molar-refractivity contribution is 5.75. The number of hydroxylamine groups is 2. The monoisotopic (exact) mass is 377 g/mol. The minimum atomic E-state index is -5.09. The first-order valence-electron chi connectivity index (χ1n) is 7.36. The number of nitro groups is 1. The van der Waals surface area contributed by atoms with E-state index in [9.17, 15) is 32.9 Å². The molecular weight excluding hydrogens is 363 g/mol. The number of ether oxygens (including phenoxy) is 1. The van der Waals surface area contributed by atoms with Gasteiger partial charge in [0, 0.05) is 24.7 Å². The fourth-order valence-corrected chi connectivity index (χ4v) is 2.17. The Labute approximate surface area is 144 Å². The van der Waals surface area contributed by atoms with Crippen molar-refractivity contribution in [3.05, 3.63) is 39.9 Å². The van der Waals surface area contributed by atoms with E-state index < -0.39 is 29.2 Å². The fourth-order valence-electron chi connectivity index (χ4n) is 2.17. The van der Waals surface area contributed by atoms with Crippen LogP contribution < -0.4 is 5.32 Å². The largest absolute Gasteiger partial charge is 0.492 e. The van der Waals surface area contributed by atoms with E-state index in [2.05, 4.69) is 10.2 Å². The third-order valence-corrected chi connectivity index (χ3v) is 3.43. The van der Waals surface area contributed by atoms with Gasteiger partial charge in [-0.15, -0.1) is 5.06 Å². The molecule has 1 aliphatic rings. The van der Waals surface area contributed by atoms with Crippen molar-refractivity contribution in [3.63, 3.8) is 0 Å². The van der Waals surface area contributed by atoms with Crippen molar-refractivity contribution < 1.29 is 37.3 Å². The molecule has 0 spiro atoms. The van der Waals surface area contributed by atoms with Gasteiger partial charge in [0.2, 0.25) is 0 Å². The van der Waals surface area contributed by atoms with E-state index in [1.54, 1.807) is 0 Å². The normalized spacial score (nSPS) is 17.6. The summed E-state index contributed by atoms with van der Waals surface area (Å²) in [6, 6.07) is 4.85. The SMILES string of the molecule is O=C(N[C@H]1CCN(OC(=O)C(F)(F)F)C1)OCc1ccc([N+](=O)[O-])cc1. The Morgan fingerprint density at radius 1 is 1.31 bits per heavy atom. The first kappa shape index (κ1) is 19.4. The van der Waals surface area contributed by atoms with Crippen LogP contribution in [0.5, 0.6) is 0 Å². The van der Waals surface area contributed by atoms with Crippen LogP contribution in [0, 0.1) is 10.1 Å². The lowest BCUT2D eigenvalue weighted by molar-refractivity contribution is -0.384. The Hall–Kier alpha value is -2.89. The maximum absolute atomic E-state index is 12.1. The summed E-state index contributed by atoms with van der Waals surface area (Å²) >= 11 is 0. The quantitative estimate of drug-likeness (QED) is 0.616. The van der Waals surface area contributed by atoms with Gasteiger partial charge >= 0.3 is 18.2 Å². The van der Waals surface area contributed by atoms with Crippen LogP contribution in [0.2, 0.25) is 0 Å². The summed E-state index contributed by atoms with van der Waals surface area (Å²) < 4.78 is 41.3. The van der Waals surface area contributed by atoms with Crippen LogP contribution in [0.4, 0.5) is 23.7 Å².